The minimum atomic E-state index is -0.157. The van der Waals surface area contributed by atoms with Crippen LogP contribution in [0.25, 0.3) is 0 Å². The van der Waals surface area contributed by atoms with Gasteiger partial charge in [-0.1, -0.05) is 11.6 Å². The van der Waals surface area contributed by atoms with Crippen LogP contribution in [-0.4, -0.2) is 25.1 Å². The summed E-state index contributed by atoms with van der Waals surface area (Å²) in [5.74, 6) is 0.799. The second-order valence-corrected chi connectivity index (χ2v) is 4.51. The molecule has 0 saturated heterocycles. The zero-order chi connectivity index (χ0) is 14.5. The van der Waals surface area contributed by atoms with Crippen molar-refractivity contribution in [3.8, 4) is 11.5 Å². The molecule has 6 heteroatoms. The van der Waals surface area contributed by atoms with Crippen molar-refractivity contribution in [2.45, 2.75) is 6.42 Å². The van der Waals surface area contributed by atoms with Gasteiger partial charge in [-0.15, -0.1) is 0 Å². The smallest absolute Gasteiger partial charge is 0.230 e. The van der Waals surface area contributed by atoms with Crippen LogP contribution in [0.15, 0.2) is 30.5 Å². The van der Waals surface area contributed by atoms with Crippen LogP contribution in [0, 0.1) is 0 Å². The van der Waals surface area contributed by atoms with E-state index >= 15 is 0 Å². The van der Waals surface area contributed by atoms with E-state index in [0.29, 0.717) is 22.2 Å². The monoisotopic (exact) mass is 294 g/mol. The highest BCUT2D eigenvalue weighted by Gasteiger charge is 2.13. The second-order valence-electron chi connectivity index (χ2n) is 4.11. The third-order valence-corrected chi connectivity index (χ3v) is 3.06. The van der Waals surface area contributed by atoms with Gasteiger partial charge in [-0.05, 0) is 12.1 Å². The van der Waals surface area contributed by atoms with Crippen LogP contribution >= 0.6 is 11.6 Å². The first kappa shape index (κ1) is 14.3. The molecule has 0 atom stereocenters. The molecule has 2 rings (SSSR count). The average molecular weight is 295 g/mol. The largest absolute Gasteiger partial charge is 0.495 e. The molecular weight excluding hydrogens is 280 g/mol. The zero-order valence-corrected chi connectivity index (χ0v) is 12.0. The fraction of sp³-hybridized carbons (Fsp3) is 0.214. The second kappa shape index (κ2) is 6.34. The zero-order valence-electron chi connectivity index (χ0n) is 11.2. The standard InChI is InChI=1S/C14H15ClN2O3/c1-19-12-8-11(13(20-2)7-10(12)15)17-14(18)6-9-4-3-5-16-9/h3-5,7-8,16H,6H2,1-2H3,(H,17,18). The number of rotatable bonds is 5. The summed E-state index contributed by atoms with van der Waals surface area (Å²) in [5, 5.41) is 3.20. The molecule has 0 unspecified atom stereocenters. The van der Waals surface area contributed by atoms with Crippen LogP contribution in [0.1, 0.15) is 5.69 Å². The number of amides is 1. The topological polar surface area (TPSA) is 63.3 Å². The molecule has 106 valence electrons. The number of hydrogen-bond acceptors (Lipinski definition) is 3. The highest BCUT2D eigenvalue weighted by Crippen LogP contribution is 2.35. The Labute approximate surface area is 121 Å². The number of ether oxygens (including phenoxy) is 2. The molecule has 0 aliphatic carbocycles. The number of benzene rings is 1. The number of aromatic amines is 1. The number of carbonyl (C=O) groups is 1. The molecule has 0 radical (unpaired) electrons. The van der Waals surface area contributed by atoms with Crippen LogP contribution < -0.4 is 14.8 Å². The van der Waals surface area contributed by atoms with E-state index in [1.807, 2.05) is 12.1 Å². The van der Waals surface area contributed by atoms with E-state index in [4.69, 9.17) is 21.1 Å². The molecule has 2 aromatic rings. The lowest BCUT2D eigenvalue weighted by atomic mass is 10.2. The Morgan fingerprint density at radius 1 is 1.30 bits per heavy atom. The minimum absolute atomic E-state index is 0.157. The summed E-state index contributed by atoms with van der Waals surface area (Å²) in [5.41, 5.74) is 1.35. The van der Waals surface area contributed by atoms with E-state index in [2.05, 4.69) is 10.3 Å². The lowest BCUT2D eigenvalue weighted by molar-refractivity contribution is -0.115. The summed E-state index contributed by atoms with van der Waals surface area (Å²) in [6.07, 6.45) is 2.02. The molecular formula is C14H15ClN2O3. The quantitative estimate of drug-likeness (QED) is 0.891. The third-order valence-electron chi connectivity index (χ3n) is 2.76. The molecule has 1 heterocycles. The molecule has 20 heavy (non-hydrogen) atoms. The molecule has 1 aromatic heterocycles. The normalized spacial score (nSPS) is 10.2. The molecule has 1 aromatic carbocycles. The van der Waals surface area contributed by atoms with Crippen LogP contribution in [0.4, 0.5) is 5.69 Å². The van der Waals surface area contributed by atoms with E-state index in [1.54, 1.807) is 18.3 Å². The number of aromatic nitrogens is 1. The Bertz CT molecular complexity index is 597. The molecule has 0 aliphatic heterocycles. The number of nitrogens with one attached hydrogen (secondary N) is 2. The van der Waals surface area contributed by atoms with Gasteiger partial charge < -0.3 is 19.8 Å². The fourth-order valence-electron chi connectivity index (χ4n) is 1.80. The van der Waals surface area contributed by atoms with E-state index in [1.165, 1.54) is 14.2 Å². The SMILES string of the molecule is COc1cc(NC(=O)Cc2ccc[nH]2)c(OC)cc1Cl. The molecule has 0 fully saturated rings. The van der Waals surface area contributed by atoms with Gasteiger partial charge in [0.25, 0.3) is 0 Å². The molecule has 0 aliphatic rings. The summed E-state index contributed by atoms with van der Waals surface area (Å²) in [6, 6.07) is 6.92. The van der Waals surface area contributed by atoms with Crippen molar-refractivity contribution in [2.24, 2.45) is 0 Å². The minimum Gasteiger partial charge on any atom is -0.495 e. The average Bonchev–Trinajstić information content (AvgIpc) is 2.92. The van der Waals surface area contributed by atoms with Gasteiger partial charge in [0.15, 0.2) is 0 Å². The van der Waals surface area contributed by atoms with E-state index < -0.39 is 0 Å². The lowest BCUT2D eigenvalue weighted by Gasteiger charge is -2.13. The van der Waals surface area contributed by atoms with Crippen LogP contribution in [-0.2, 0) is 11.2 Å². The van der Waals surface area contributed by atoms with Crippen LogP contribution in [0.2, 0.25) is 5.02 Å². The van der Waals surface area contributed by atoms with Crippen molar-refractivity contribution in [1.29, 1.82) is 0 Å². The van der Waals surface area contributed by atoms with Gasteiger partial charge >= 0.3 is 0 Å². The van der Waals surface area contributed by atoms with Crippen LogP contribution in [0.5, 0.6) is 11.5 Å². The fourth-order valence-corrected chi connectivity index (χ4v) is 2.03. The van der Waals surface area contributed by atoms with Gasteiger partial charge in [-0.2, -0.15) is 0 Å². The van der Waals surface area contributed by atoms with Crippen molar-refractivity contribution < 1.29 is 14.3 Å². The summed E-state index contributed by atoms with van der Waals surface area (Å²) >= 11 is 6.01. The predicted molar refractivity (Wildman–Crippen MR) is 77.7 cm³/mol. The first-order valence-corrected chi connectivity index (χ1v) is 6.35. The summed E-state index contributed by atoms with van der Waals surface area (Å²) in [4.78, 5) is 14.9. The number of halogens is 1. The van der Waals surface area contributed by atoms with Gasteiger partial charge in [0.05, 0.1) is 31.4 Å². The van der Waals surface area contributed by atoms with Crippen molar-refractivity contribution in [2.75, 3.05) is 19.5 Å². The Balaban J connectivity index is 2.17. The Morgan fingerprint density at radius 2 is 2.05 bits per heavy atom. The van der Waals surface area contributed by atoms with E-state index in [-0.39, 0.29) is 12.3 Å². The number of anilines is 1. The van der Waals surface area contributed by atoms with Crippen molar-refractivity contribution in [3.05, 3.63) is 41.2 Å². The third kappa shape index (κ3) is 3.24. The summed E-state index contributed by atoms with van der Waals surface area (Å²) < 4.78 is 10.3. The maximum atomic E-state index is 12.0. The first-order chi connectivity index (χ1) is 9.63. The van der Waals surface area contributed by atoms with Gasteiger partial charge in [0, 0.05) is 24.0 Å². The van der Waals surface area contributed by atoms with Gasteiger partial charge in [0.1, 0.15) is 11.5 Å². The number of H-pyrrole nitrogens is 1. The molecule has 5 nitrogen and oxygen atoms in total. The van der Waals surface area contributed by atoms with Crippen molar-refractivity contribution >= 4 is 23.2 Å². The predicted octanol–water partition coefficient (Wildman–Crippen LogP) is 2.87. The summed E-state index contributed by atoms with van der Waals surface area (Å²) in [6.45, 7) is 0. The first-order valence-electron chi connectivity index (χ1n) is 5.97. The van der Waals surface area contributed by atoms with E-state index in [9.17, 15) is 4.79 Å². The Morgan fingerprint density at radius 3 is 2.65 bits per heavy atom. The Kier molecular flexibility index (Phi) is 4.53. The maximum Gasteiger partial charge on any atom is 0.230 e. The molecule has 2 N–H and O–H groups in total. The van der Waals surface area contributed by atoms with Crippen molar-refractivity contribution in [3.63, 3.8) is 0 Å². The number of methoxy groups -OCH3 is 2. The molecule has 0 bridgehead atoms. The number of hydrogen-bond donors (Lipinski definition) is 2. The molecule has 0 spiro atoms. The highest BCUT2D eigenvalue weighted by molar-refractivity contribution is 6.32. The number of carbonyl (C=O) groups excluding carboxylic acids is 1. The highest BCUT2D eigenvalue weighted by atomic mass is 35.5. The van der Waals surface area contributed by atoms with Gasteiger partial charge in [-0.3, -0.25) is 4.79 Å². The Hall–Kier alpha value is -2.14. The van der Waals surface area contributed by atoms with Crippen molar-refractivity contribution in [1.82, 2.24) is 4.98 Å². The maximum absolute atomic E-state index is 12.0. The molecule has 1 amide bonds. The van der Waals surface area contributed by atoms with Crippen LogP contribution in [0.3, 0.4) is 0 Å². The van der Waals surface area contributed by atoms with Gasteiger partial charge in [0.2, 0.25) is 5.91 Å². The lowest BCUT2D eigenvalue weighted by Crippen LogP contribution is -2.15. The molecule has 0 saturated carbocycles. The summed E-state index contributed by atoms with van der Waals surface area (Å²) in [7, 11) is 3.02. The van der Waals surface area contributed by atoms with Gasteiger partial charge in [-0.25, -0.2) is 0 Å². The van der Waals surface area contributed by atoms with E-state index in [0.717, 1.165) is 5.69 Å².